The van der Waals surface area contributed by atoms with E-state index in [0.717, 1.165) is 22.6 Å². The highest BCUT2D eigenvalue weighted by Gasteiger charge is 2.11. The van der Waals surface area contributed by atoms with E-state index in [0.29, 0.717) is 0 Å². The smallest absolute Gasteiger partial charge is 0.135 e. The fraction of sp³-hybridized carbons (Fsp3) is 0.417. The van der Waals surface area contributed by atoms with Crippen LogP contribution in [0.2, 0.25) is 5.15 Å². The van der Waals surface area contributed by atoms with Crippen molar-refractivity contribution >= 4 is 22.5 Å². The minimum atomic E-state index is 0.285. The zero-order valence-electron chi connectivity index (χ0n) is 9.79. The van der Waals surface area contributed by atoms with Crippen LogP contribution in [0.4, 0.5) is 0 Å². The first-order valence-corrected chi connectivity index (χ1v) is 5.82. The van der Waals surface area contributed by atoms with Crippen molar-refractivity contribution in [2.45, 2.75) is 26.4 Å². The summed E-state index contributed by atoms with van der Waals surface area (Å²) in [5, 5.41) is 9.38. The van der Waals surface area contributed by atoms with E-state index < -0.39 is 0 Å². The van der Waals surface area contributed by atoms with Crippen molar-refractivity contribution in [1.82, 2.24) is 15.1 Å². The van der Waals surface area contributed by atoms with Gasteiger partial charge >= 0.3 is 0 Å². The van der Waals surface area contributed by atoms with Crippen molar-refractivity contribution in [3.63, 3.8) is 0 Å². The predicted molar refractivity (Wildman–Crippen MR) is 67.9 cm³/mol. The van der Waals surface area contributed by atoms with Crippen LogP contribution >= 0.6 is 11.6 Å². The molecular weight excluding hydrogens is 222 g/mol. The quantitative estimate of drug-likeness (QED) is 0.890. The lowest BCUT2D eigenvalue weighted by atomic mass is 10.2. The first-order valence-electron chi connectivity index (χ1n) is 5.44. The summed E-state index contributed by atoms with van der Waals surface area (Å²) >= 11 is 6.27. The Kier molecular flexibility index (Phi) is 3.17. The molecule has 0 fully saturated rings. The largest absolute Gasteiger partial charge is 0.316 e. The lowest BCUT2D eigenvalue weighted by Gasteiger charge is -2.05. The van der Waals surface area contributed by atoms with Crippen molar-refractivity contribution in [3.8, 4) is 0 Å². The molecule has 3 nitrogen and oxygen atoms in total. The molecule has 1 heterocycles. The third-order valence-electron chi connectivity index (χ3n) is 2.57. The van der Waals surface area contributed by atoms with Crippen molar-refractivity contribution in [3.05, 3.63) is 28.9 Å². The number of hydrogen-bond donors (Lipinski definition) is 1. The molecule has 0 radical (unpaired) electrons. The zero-order chi connectivity index (χ0) is 11.7. The van der Waals surface area contributed by atoms with Gasteiger partial charge < -0.3 is 5.32 Å². The van der Waals surface area contributed by atoms with Gasteiger partial charge in [-0.25, -0.2) is 0 Å². The highest BCUT2D eigenvalue weighted by Crippen LogP contribution is 2.26. The lowest BCUT2D eigenvalue weighted by Crippen LogP contribution is -2.04. The summed E-state index contributed by atoms with van der Waals surface area (Å²) in [5.74, 6) is 0. The predicted octanol–water partition coefficient (Wildman–Crippen LogP) is 2.99. The van der Waals surface area contributed by atoms with E-state index in [-0.39, 0.29) is 6.04 Å². The first-order chi connectivity index (χ1) is 7.63. The highest BCUT2D eigenvalue weighted by molar-refractivity contribution is 6.34. The van der Waals surface area contributed by atoms with Crippen LogP contribution in [0.5, 0.6) is 0 Å². The van der Waals surface area contributed by atoms with Crippen LogP contribution in [0.1, 0.15) is 25.5 Å². The third kappa shape index (κ3) is 1.93. The SMILES string of the molecule is CNCc1ccc2c(Cl)n(C(C)C)nc2c1. The Morgan fingerprint density at radius 3 is 2.81 bits per heavy atom. The van der Waals surface area contributed by atoms with Crippen LogP contribution in [0.15, 0.2) is 18.2 Å². The molecule has 2 rings (SSSR count). The Balaban J connectivity index is 2.54. The fourth-order valence-corrected chi connectivity index (χ4v) is 2.17. The Hall–Kier alpha value is -1.06. The average molecular weight is 238 g/mol. The molecule has 1 aromatic carbocycles. The van der Waals surface area contributed by atoms with Gasteiger partial charge in [0, 0.05) is 18.0 Å². The molecule has 4 heteroatoms. The molecule has 0 unspecified atom stereocenters. The summed E-state index contributed by atoms with van der Waals surface area (Å²) in [6, 6.07) is 6.48. The molecule has 0 aliphatic rings. The van der Waals surface area contributed by atoms with Gasteiger partial charge in [-0.2, -0.15) is 5.10 Å². The van der Waals surface area contributed by atoms with E-state index >= 15 is 0 Å². The number of nitrogens with one attached hydrogen (secondary N) is 1. The maximum absolute atomic E-state index is 6.27. The number of aromatic nitrogens is 2. The summed E-state index contributed by atoms with van der Waals surface area (Å²) in [7, 11) is 1.93. The van der Waals surface area contributed by atoms with Gasteiger partial charge in [0.25, 0.3) is 0 Å². The van der Waals surface area contributed by atoms with Crippen molar-refractivity contribution in [1.29, 1.82) is 0 Å². The monoisotopic (exact) mass is 237 g/mol. The van der Waals surface area contributed by atoms with Gasteiger partial charge in [0.2, 0.25) is 0 Å². The van der Waals surface area contributed by atoms with Crippen molar-refractivity contribution < 1.29 is 0 Å². The summed E-state index contributed by atoms with van der Waals surface area (Å²) in [4.78, 5) is 0. The molecule has 1 aromatic heterocycles. The van der Waals surface area contributed by atoms with E-state index in [2.05, 4.69) is 36.4 Å². The molecule has 1 N–H and O–H groups in total. The van der Waals surface area contributed by atoms with Crippen LogP contribution in [-0.4, -0.2) is 16.8 Å². The van der Waals surface area contributed by atoms with E-state index in [1.165, 1.54) is 5.56 Å². The van der Waals surface area contributed by atoms with Gasteiger partial charge in [0.05, 0.1) is 5.52 Å². The van der Waals surface area contributed by atoms with Crippen molar-refractivity contribution in [2.24, 2.45) is 0 Å². The van der Waals surface area contributed by atoms with Gasteiger partial charge in [0.15, 0.2) is 0 Å². The van der Waals surface area contributed by atoms with Crippen LogP contribution in [0.3, 0.4) is 0 Å². The summed E-state index contributed by atoms with van der Waals surface area (Å²) in [6.45, 7) is 5.00. The molecule has 0 saturated carbocycles. The van der Waals surface area contributed by atoms with Gasteiger partial charge in [0.1, 0.15) is 5.15 Å². The molecule has 86 valence electrons. The maximum Gasteiger partial charge on any atom is 0.135 e. The normalized spacial score (nSPS) is 11.6. The molecule has 0 saturated heterocycles. The van der Waals surface area contributed by atoms with E-state index in [1.54, 1.807) is 0 Å². The third-order valence-corrected chi connectivity index (χ3v) is 2.95. The zero-order valence-corrected chi connectivity index (χ0v) is 10.5. The molecule has 0 bridgehead atoms. The van der Waals surface area contributed by atoms with Gasteiger partial charge in [-0.3, -0.25) is 4.68 Å². The molecule has 0 aliphatic heterocycles. The first kappa shape index (κ1) is 11.4. The highest BCUT2D eigenvalue weighted by atomic mass is 35.5. The van der Waals surface area contributed by atoms with Gasteiger partial charge in [-0.15, -0.1) is 0 Å². The summed E-state index contributed by atoms with van der Waals surface area (Å²) < 4.78 is 1.86. The number of rotatable bonds is 3. The number of fused-ring (bicyclic) bond motifs is 1. The van der Waals surface area contributed by atoms with Crippen LogP contribution < -0.4 is 5.32 Å². The second-order valence-corrected chi connectivity index (χ2v) is 4.57. The molecule has 0 spiro atoms. The Bertz CT molecular complexity index is 502. The average Bonchev–Trinajstić information content (AvgIpc) is 2.56. The molecular formula is C12H16ClN3. The Labute approximate surface area is 100 Å². The minimum Gasteiger partial charge on any atom is -0.316 e. The number of hydrogen-bond acceptors (Lipinski definition) is 2. The summed E-state index contributed by atoms with van der Waals surface area (Å²) in [5.41, 5.74) is 2.19. The van der Waals surface area contributed by atoms with Gasteiger partial charge in [-0.1, -0.05) is 17.7 Å². The Morgan fingerprint density at radius 2 is 2.19 bits per heavy atom. The standard InChI is InChI=1S/C12H16ClN3/c1-8(2)16-12(13)10-5-4-9(7-14-3)6-11(10)15-16/h4-6,8,14H,7H2,1-3H3. The number of nitrogens with zero attached hydrogens (tertiary/aromatic N) is 2. The van der Waals surface area contributed by atoms with Crippen LogP contribution in [0.25, 0.3) is 10.9 Å². The molecule has 0 aliphatic carbocycles. The molecule has 2 aromatic rings. The molecule has 0 amide bonds. The second-order valence-electron chi connectivity index (χ2n) is 4.21. The topological polar surface area (TPSA) is 29.9 Å². The van der Waals surface area contributed by atoms with E-state index in [4.69, 9.17) is 11.6 Å². The Morgan fingerprint density at radius 1 is 1.44 bits per heavy atom. The minimum absolute atomic E-state index is 0.285. The maximum atomic E-state index is 6.27. The van der Waals surface area contributed by atoms with Crippen molar-refractivity contribution in [2.75, 3.05) is 7.05 Å². The van der Waals surface area contributed by atoms with Gasteiger partial charge in [-0.05, 0) is 38.6 Å². The number of benzene rings is 1. The van der Waals surface area contributed by atoms with Crippen LogP contribution in [-0.2, 0) is 6.54 Å². The molecule has 0 atom stereocenters. The summed E-state index contributed by atoms with van der Waals surface area (Å²) in [6.07, 6.45) is 0. The van der Waals surface area contributed by atoms with E-state index in [1.807, 2.05) is 17.8 Å². The second kappa shape index (κ2) is 4.44. The lowest BCUT2D eigenvalue weighted by molar-refractivity contribution is 0.538. The number of halogens is 1. The van der Waals surface area contributed by atoms with E-state index in [9.17, 15) is 0 Å². The van der Waals surface area contributed by atoms with Crippen LogP contribution in [0, 0.1) is 0 Å². The fourth-order valence-electron chi connectivity index (χ4n) is 1.77. The molecule has 16 heavy (non-hydrogen) atoms.